The third-order valence-corrected chi connectivity index (χ3v) is 0.580. The van der Waals surface area contributed by atoms with Gasteiger partial charge in [-0.05, 0) is 13.0 Å². The van der Waals surface area contributed by atoms with Crippen LogP contribution in [0.5, 0.6) is 0 Å². The quantitative estimate of drug-likeness (QED) is 0.252. The number of aliphatic hydroxyl groups is 1. The van der Waals surface area contributed by atoms with E-state index >= 15 is 0 Å². The summed E-state index contributed by atoms with van der Waals surface area (Å²) in [6, 6.07) is 0. The van der Waals surface area contributed by atoms with Gasteiger partial charge in [-0.25, -0.2) is 0 Å². The molecule has 0 aromatic heterocycles. The highest BCUT2D eigenvalue weighted by molar-refractivity contribution is 5.69. The molecule has 0 saturated carbocycles. The fourth-order valence-corrected chi connectivity index (χ4v) is 0.234. The minimum atomic E-state index is -0.247. The van der Waals surface area contributed by atoms with E-state index in [0.29, 0.717) is 6.29 Å². The summed E-state index contributed by atoms with van der Waals surface area (Å²) < 4.78 is 0. The van der Waals surface area contributed by atoms with Gasteiger partial charge in [-0.2, -0.15) is 0 Å². The number of allylic oxidation sites excluding steroid dienone is 4. The average Bonchev–Trinajstić information content (AvgIpc) is 1.83. The molecular weight excluding hydrogens is 104 g/mol. The number of hydrogen-bond donors (Lipinski definition) is 1. The second kappa shape index (κ2) is 4.12. The van der Waals surface area contributed by atoms with E-state index in [2.05, 4.69) is 0 Å². The van der Waals surface area contributed by atoms with Crippen molar-refractivity contribution in [2.24, 2.45) is 0 Å². The van der Waals surface area contributed by atoms with Crippen LogP contribution >= 0.6 is 0 Å². The van der Waals surface area contributed by atoms with E-state index in [-0.39, 0.29) is 5.76 Å². The molecule has 0 atom stereocenters. The van der Waals surface area contributed by atoms with Crippen LogP contribution in [0.25, 0.3) is 0 Å². The summed E-state index contributed by atoms with van der Waals surface area (Å²) in [7, 11) is 0. The minimum absolute atomic E-state index is 0.247. The lowest BCUT2D eigenvalue weighted by atomic mass is 10.4. The van der Waals surface area contributed by atoms with Gasteiger partial charge in [-0.3, -0.25) is 4.79 Å². The Morgan fingerprint density at radius 3 is 2.62 bits per heavy atom. The molecule has 0 aliphatic carbocycles. The molecule has 2 nitrogen and oxygen atoms in total. The molecule has 0 saturated heterocycles. The summed E-state index contributed by atoms with van der Waals surface area (Å²) in [6.07, 6.45) is 5.02. The van der Waals surface area contributed by atoms with E-state index in [1.165, 1.54) is 6.08 Å². The van der Waals surface area contributed by atoms with Crippen LogP contribution < -0.4 is 0 Å². The van der Waals surface area contributed by atoms with E-state index in [4.69, 9.17) is 5.11 Å². The molecule has 0 amide bonds. The van der Waals surface area contributed by atoms with Gasteiger partial charge in [0.2, 0.25) is 0 Å². The number of hydrogen-bond acceptors (Lipinski definition) is 2. The number of carbonyl (C=O) groups excluding carboxylic acids is 1. The fraction of sp³-hybridized carbons (Fsp3) is 0.167. The molecule has 0 aliphatic rings. The summed E-state index contributed by atoms with van der Waals surface area (Å²) in [5.74, 6) is -0.247. The predicted octanol–water partition coefficient (Wildman–Crippen LogP) is 1.20. The van der Waals surface area contributed by atoms with Crippen LogP contribution in [0, 0.1) is 0 Å². The van der Waals surface area contributed by atoms with E-state index in [9.17, 15) is 4.79 Å². The molecule has 1 N–H and O–H groups in total. The van der Waals surface area contributed by atoms with Gasteiger partial charge >= 0.3 is 0 Å². The van der Waals surface area contributed by atoms with Gasteiger partial charge in [-0.1, -0.05) is 12.2 Å². The molecule has 2 heteroatoms. The fourth-order valence-electron chi connectivity index (χ4n) is 0.234. The van der Waals surface area contributed by atoms with Crippen LogP contribution in [0.15, 0.2) is 24.0 Å². The molecule has 0 unspecified atom stereocenters. The average molecular weight is 112 g/mol. The molecule has 0 bridgehead atoms. The van der Waals surface area contributed by atoms with Crippen molar-refractivity contribution in [2.75, 3.05) is 0 Å². The van der Waals surface area contributed by atoms with E-state index in [0.717, 1.165) is 0 Å². The highest BCUT2D eigenvalue weighted by Gasteiger charge is 1.78. The number of rotatable bonds is 2. The van der Waals surface area contributed by atoms with Crippen molar-refractivity contribution in [1.82, 2.24) is 0 Å². The van der Waals surface area contributed by atoms with Crippen LogP contribution in [0.4, 0.5) is 0 Å². The monoisotopic (exact) mass is 112 g/mol. The summed E-state index contributed by atoms with van der Waals surface area (Å²) in [5, 5.41) is 8.43. The summed E-state index contributed by atoms with van der Waals surface area (Å²) in [4.78, 5) is 9.66. The third-order valence-electron chi connectivity index (χ3n) is 0.580. The van der Waals surface area contributed by atoms with Gasteiger partial charge in [0.1, 0.15) is 0 Å². The highest BCUT2D eigenvalue weighted by Crippen LogP contribution is 1.81. The Hall–Kier alpha value is -1.05. The van der Waals surface area contributed by atoms with Crippen molar-refractivity contribution in [3.8, 4) is 0 Å². The zero-order valence-corrected chi connectivity index (χ0v) is 4.66. The standard InChI is InChI=1S/C6H8O2/c1-2-3-4-6(8)5-7/h2-5,8H,1H3/b3-2+,6-4-. The molecule has 0 aromatic rings. The highest BCUT2D eigenvalue weighted by atomic mass is 16.3. The zero-order valence-electron chi connectivity index (χ0n) is 4.66. The Kier molecular flexibility index (Phi) is 3.58. The van der Waals surface area contributed by atoms with Crippen LogP contribution in [-0.2, 0) is 4.79 Å². The molecule has 0 spiro atoms. The van der Waals surface area contributed by atoms with Crippen molar-refractivity contribution >= 4 is 6.29 Å². The maximum Gasteiger partial charge on any atom is 0.184 e. The first-order valence-electron chi connectivity index (χ1n) is 2.28. The maximum absolute atomic E-state index is 9.66. The summed E-state index contributed by atoms with van der Waals surface area (Å²) >= 11 is 0. The molecule has 0 fully saturated rings. The van der Waals surface area contributed by atoms with Crippen molar-refractivity contribution in [2.45, 2.75) is 6.92 Å². The number of aldehydes is 1. The first kappa shape index (κ1) is 6.95. The van der Waals surface area contributed by atoms with Crippen molar-refractivity contribution < 1.29 is 9.90 Å². The molecule has 8 heavy (non-hydrogen) atoms. The van der Waals surface area contributed by atoms with Gasteiger partial charge in [0.25, 0.3) is 0 Å². The largest absolute Gasteiger partial charge is 0.505 e. The smallest absolute Gasteiger partial charge is 0.184 e. The lowest BCUT2D eigenvalue weighted by Crippen LogP contribution is -1.76. The molecule has 0 heterocycles. The normalized spacial score (nSPS) is 12.4. The maximum atomic E-state index is 9.66. The molecule has 0 rings (SSSR count). The van der Waals surface area contributed by atoms with Crippen molar-refractivity contribution in [1.29, 1.82) is 0 Å². The zero-order chi connectivity index (χ0) is 6.41. The van der Waals surface area contributed by atoms with E-state index < -0.39 is 0 Å². The number of carbonyl (C=O) groups is 1. The van der Waals surface area contributed by atoms with Crippen molar-refractivity contribution in [3.63, 3.8) is 0 Å². The van der Waals surface area contributed by atoms with Crippen LogP contribution in [0.1, 0.15) is 6.92 Å². The topological polar surface area (TPSA) is 37.3 Å². The predicted molar refractivity (Wildman–Crippen MR) is 31.6 cm³/mol. The van der Waals surface area contributed by atoms with E-state index in [1.54, 1.807) is 19.1 Å². The van der Waals surface area contributed by atoms with Gasteiger partial charge in [-0.15, -0.1) is 0 Å². The molecule has 0 aliphatic heterocycles. The molecule has 0 aromatic carbocycles. The van der Waals surface area contributed by atoms with Crippen LogP contribution in [0.2, 0.25) is 0 Å². The molecule has 44 valence electrons. The Balaban J connectivity index is 3.74. The Morgan fingerprint density at radius 2 is 2.25 bits per heavy atom. The van der Waals surface area contributed by atoms with Crippen molar-refractivity contribution in [3.05, 3.63) is 24.0 Å². The summed E-state index contributed by atoms with van der Waals surface area (Å²) in [5.41, 5.74) is 0. The Labute approximate surface area is 48.1 Å². The lowest BCUT2D eigenvalue weighted by molar-refractivity contribution is -0.106. The van der Waals surface area contributed by atoms with Crippen LogP contribution in [0.3, 0.4) is 0 Å². The Morgan fingerprint density at radius 1 is 1.62 bits per heavy atom. The second-order valence-electron chi connectivity index (χ2n) is 1.24. The second-order valence-corrected chi connectivity index (χ2v) is 1.24. The summed E-state index contributed by atoms with van der Waals surface area (Å²) in [6.45, 7) is 1.80. The minimum Gasteiger partial charge on any atom is -0.505 e. The van der Waals surface area contributed by atoms with Gasteiger partial charge in [0.15, 0.2) is 12.0 Å². The Bertz CT molecular complexity index is 122. The third kappa shape index (κ3) is 3.15. The van der Waals surface area contributed by atoms with E-state index in [1.807, 2.05) is 0 Å². The molecule has 0 radical (unpaired) electrons. The SMILES string of the molecule is C/C=C/C=C(\O)C=O. The van der Waals surface area contributed by atoms with Crippen LogP contribution in [-0.4, -0.2) is 11.4 Å². The molecular formula is C6H8O2. The van der Waals surface area contributed by atoms with Gasteiger partial charge in [0, 0.05) is 0 Å². The first-order valence-corrected chi connectivity index (χ1v) is 2.28. The van der Waals surface area contributed by atoms with Gasteiger partial charge < -0.3 is 5.11 Å². The van der Waals surface area contributed by atoms with Gasteiger partial charge in [0.05, 0.1) is 0 Å². The first-order chi connectivity index (χ1) is 3.81. The number of aliphatic hydroxyl groups excluding tert-OH is 1. The lowest BCUT2D eigenvalue weighted by Gasteiger charge is -1.77.